The Morgan fingerprint density at radius 1 is 1.47 bits per heavy atom. The SMILES string of the molecule is CNC(=O)COc1cccc(NCC2(C)COC2)c1. The second kappa shape index (κ2) is 5.93. The molecule has 1 aliphatic rings. The van der Waals surface area contributed by atoms with Crippen molar-refractivity contribution in [2.24, 2.45) is 5.41 Å². The summed E-state index contributed by atoms with van der Waals surface area (Å²) in [7, 11) is 1.59. The van der Waals surface area contributed by atoms with Crippen LogP contribution in [-0.2, 0) is 9.53 Å². The molecule has 2 rings (SSSR count). The van der Waals surface area contributed by atoms with E-state index < -0.39 is 0 Å². The molecule has 0 atom stereocenters. The first-order chi connectivity index (χ1) is 9.11. The minimum Gasteiger partial charge on any atom is -0.484 e. The molecule has 0 spiro atoms. The Balaban J connectivity index is 1.85. The molecule has 1 fully saturated rings. The van der Waals surface area contributed by atoms with Gasteiger partial charge in [-0.15, -0.1) is 0 Å². The largest absolute Gasteiger partial charge is 0.484 e. The van der Waals surface area contributed by atoms with Gasteiger partial charge in [0.1, 0.15) is 5.75 Å². The van der Waals surface area contributed by atoms with Crippen LogP contribution in [0.25, 0.3) is 0 Å². The number of carbonyl (C=O) groups excluding carboxylic acids is 1. The summed E-state index contributed by atoms with van der Waals surface area (Å²) in [5, 5.41) is 5.89. The van der Waals surface area contributed by atoms with Gasteiger partial charge in [-0.3, -0.25) is 4.79 Å². The number of hydrogen-bond donors (Lipinski definition) is 2. The van der Waals surface area contributed by atoms with Crippen LogP contribution in [-0.4, -0.2) is 39.3 Å². The molecule has 19 heavy (non-hydrogen) atoms. The maximum Gasteiger partial charge on any atom is 0.257 e. The van der Waals surface area contributed by atoms with E-state index in [2.05, 4.69) is 17.6 Å². The fourth-order valence-electron chi connectivity index (χ4n) is 1.78. The van der Waals surface area contributed by atoms with Gasteiger partial charge in [-0.05, 0) is 12.1 Å². The standard InChI is InChI=1S/C14H20N2O3/c1-14(9-18-10-14)8-16-11-4-3-5-12(6-11)19-7-13(17)15-2/h3-6,16H,7-10H2,1-2H3,(H,15,17). The van der Waals surface area contributed by atoms with Crippen LogP contribution in [0.4, 0.5) is 5.69 Å². The molecule has 1 aromatic carbocycles. The van der Waals surface area contributed by atoms with Crippen molar-refractivity contribution in [1.82, 2.24) is 5.32 Å². The lowest BCUT2D eigenvalue weighted by Crippen LogP contribution is -2.45. The highest BCUT2D eigenvalue weighted by molar-refractivity contribution is 5.77. The second-order valence-corrected chi connectivity index (χ2v) is 5.15. The van der Waals surface area contributed by atoms with E-state index in [9.17, 15) is 4.79 Å². The summed E-state index contributed by atoms with van der Waals surface area (Å²) >= 11 is 0. The van der Waals surface area contributed by atoms with Gasteiger partial charge in [0.15, 0.2) is 6.61 Å². The van der Waals surface area contributed by atoms with Crippen LogP contribution in [0.1, 0.15) is 6.92 Å². The van der Waals surface area contributed by atoms with Gasteiger partial charge in [-0.2, -0.15) is 0 Å². The van der Waals surface area contributed by atoms with Gasteiger partial charge in [-0.25, -0.2) is 0 Å². The van der Waals surface area contributed by atoms with Gasteiger partial charge < -0.3 is 20.1 Å². The zero-order valence-corrected chi connectivity index (χ0v) is 11.4. The number of anilines is 1. The topological polar surface area (TPSA) is 59.6 Å². The van der Waals surface area contributed by atoms with E-state index in [-0.39, 0.29) is 17.9 Å². The minimum absolute atomic E-state index is 0.0332. The minimum atomic E-state index is -0.141. The van der Waals surface area contributed by atoms with Crippen LogP contribution >= 0.6 is 0 Å². The molecule has 1 amide bonds. The summed E-state index contributed by atoms with van der Waals surface area (Å²) in [4.78, 5) is 11.1. The monoisotopic (exact) mass is 264 g/mol. The van der Waals surface area contributed by atoms with Crippen LogP contribution in [0.2, 0.25) is 0 Å². The summed E-state index contributed by atoms with van der Waals surface area (Å²) in [6, 6.07) is 7.62. The van der Waals surface area contributed by atoms with Crippen LogP contribution < -0.4 is 15.4 Å². The molecule has 1 aliphatic heterocycles. The van der Waals surface area contributed by atoms with Crippen molar-refractivity contribution in [2.45, 2.75) is 6.92 Å². The predicted octanol–water partition coefficient (Wildman–Crippen LogP) is 1.26. The highest BCUT2D eigenvalue weighted by Crippen LogP contribution is 2.27. The Labute approximate surface area is 113 Å². The fourth-order valence-corrected chi connectivity index (χ4v) is 1.78. The summed E-state index contributed by atoms with van der Waals surface area (Å²) in [6.45, 7) is 4.69. The number of nitrogens with one attached hydrogen (secondary N) is 2. The third-order valence-corrected chi connectivity index (χ3v) is 3.10. The Kier molecular flexibility index (Phi) is 4.27. The number of hydrogen-bond acceptors (Lipinski definition) is 4. The maximum atomic E-state index is 11.1. The fraction of sp³-hybridized carbons (Fsp3) is 0.500. The normalized spacial score (nSPS) is 16.3. The lowest BCUT2D eigenvalue weighted by Gasteiger charge is -2.38. The number of benzene rings is 1. The van der Waals surface area contributed by atoms with E-state index in [0.29, 0.717) is 5.75 Å². The number of likely N-dealkylation sites (N-methyl/N-ethyl adjacent to an activating group) is 1. The third kappa shape index (κ3) is 3.86. The molecule has 5 heteroatoms. The number of ether oxygens (including phenoxy) is 2. The first-order valence-corrected chi connectivity index (χ1v) is 6.36. The maximum absolute atomic E-state index is 11.1. The summed E-state index contributed by atoms with van der Waals surface area (Å²) < 4.78 is 10.6. The molecule has 1 heterocycles. The van der Waals surface area contributed by atoms with Crippen molar-refractivity contribution in [3.05, 3.63) is 24.3 Å². The van der Waals surface area contributed by atoms with E-state index in [1.807, 2.05) is 24.3 Å². The first-order valence-electron chi connectivity index (χ1n) is 6.36. The number of rotatable bonds is 6. The van der Waals surface area contributed by atoms with E-state index in [1.54, 1.807) is 7.05 Å². The van der Waals surface area contributed by atoms with Crippen molar-refractivity contribution in [3.8, 4) is 5.75 Å². The molecule has 0 radical (unpaired) electrons. The van der Waals surface area contributed by atoms with E-state index in [4.69, 9.17) is 9.47 Å². The molecule has 5 nitrogen and oxygen atoms in total. The molecule has 0 aliphatic carbocycles. The highest BCUT2D eigenvalue weighted by Gasteiger charge is 2.32. The van der Waals surface area contributed by atoms with Gasteiger partial charge in [-0.1, -0.05) is 13.0 Å². The molecule has 0 bridgehead atoms. The van der Waals surface area contributed by atoms with Gasteiger partial charge in [0.25, 0.3) is 5.91 Å². The molecule has 0 aromatic heterocycles. The van der Waals surface area contributed by atoms with Crippen LogP contribution in [0.3, 0.4) is 0 Å². The Hall–Kier alpha value is -1.75. The Bertz CT molecular complexity index is 444. The van der Waals surface area contributed by atoms with Crippen molar-refractivity contribution in [3.63, 3.8) is 0 Å². The second-order valence-electron chi connectivity index (χ2n) is 5.15. The molecule has 0 saturated carbocycles. The van der Waals surface area contributed by atoms with Gasteiger partial charge in [0, 0.05) is 30.8 Å². The van der Waals surface area contributed by atoms with E-state index in [1.165, 1.54) is 0 Å². The first kappa shape index (κ1) is 13.7. The summed E-state index contributed by atoms with van der Waals surface area (Å²) in [5.41, 5.74) is 1.21. The number of amides is 1. The van der Waals surface area contributed by atoms with Gasteiger partial charge >= 0.3 is 0 Å². The van der Waals surface area contributed by atoms with Gasteiger partial charge in [0.2, 0.25) is 0 Å². The zero-order chi connectivity index (χ0) is 13.7. The zero-order valence-electron chi connectivity index (χ0n) is 11.4. The van der Waals surface area contributed by atoms with Crippen molar-refractivity contribution < 1.29 is 14.3 Å². The Morgan fingerprint density at radius 2 is 2.26 bits per heavy atom. The molecule has 0 unspecified atom stereocenters. The van der Waals surface area contributed by atoms with E-state index in [0.717, 1.165) is 25.4 Å². The van der Waals surface area contributed by atoms with E-state index >= 15 is 0 Å². The van der Waals surface area contributed by atoms with Crippen LogP contribution in [0.5, 0.6) is 5.75 Å². The third-order valence-electron chi connectivity index (χ3n) is 3.10. The average molecular weight is 264 g/mol. The predicted molar refractivity (Wildman–Crippen MR) is 73.4 cm³/mol. The van der Waals surface area contributed by atoms with Crippen molar-refractivity contribution in [2.75, 3.05) is 38.7 Å². The lowest BCUT2D eigenvalue weighted by atomic mass is 9.89. The highest BCUT2D eigenvalue weighted by atomic mass is 16.5. The molecular weight excluding hydrogens is 244 g/mol. The smallest absolute Gasteiger partial charge is 0.257 e. The molecule has 2 N–H and O–H groups in total. The van der Waals surface area contributed by atoms with Gasteiger partial charge in [0.05, 0.1) is 13.2 Å². The number of carbonyl (C=O) groups is 1. The van der Waals surface area contributed by atoms with Crippen molar-refractivity contribution >= 4 is 11.6 Å². The lowest BCUT2D eigenvalue weighted by molar-refractivity contribution is -0.122. The summed E-state index contributed by atoms with van der Waals surface area (Å²) in [5.74, 6) is 0.543. The van der Waals surface area contributed by atoms with Crippen LogP contribution in [0, 0.1) is 5.41 Å². The average Bonchev–Trinajstić information content (AvgIpc) is 2.41. The molecular formula is C14H20N2O3. The molecule has 104 valence electrons. The Morgan fingerprint density at radius 3 is 2.89 bits per heavy atom. The molecule has 1 aromatic rings. The molecule has 1 saturated heterocycles. The van der Waals surface area contributed by atoms with Crippen molar-refractivity contribution in [1.29, 1.82) is 0 Å². The van der Waals surface area contributed by atoms with Crippen LogP contribution in [0.15, 0.2) is 24.3 Å². The summed E-state index contributed by atoms with van der Waals surface area (Å²) in [6.07, 6.45) is 0. The quantitative estimate of drug-likeness (QED) is 0.812.